The molecule has 0 radical (unpaired) electrons. The van der Waals surface area contributed by atoms with Crippen LogP contribution >= 0.6 is 11.6 Å². The number of halogens is 1. The van der Waals surface area contributed by atoms with Crippen LogP contribution in [-0.4, -0.2) is 32.9 Å². The number of amides is 1. The fraction of sp³-hybridized carbons (Fsp3) is 0.263. The number of benzene rings is 1. The number of fused-ring (bicyclic) bond motifs is 1. The molecular weight excluding hydrogens is 366 g/mol. The molecule has 0 saturated heterocycles. The van der Waals surface area contributed by atoms with Gasteiger partial charge in [-0.1, -0.05) is 17.7 Å². The predicted molar refractivity (Wildman–Crippen MR) is 102 cm³/mol. The Bertz CT molecular complexity index is 973. The van der Waals surface area contributed by atoms with Gasteiger partial charge in [-0.05, 0) is 43.0 Å². The van der Waals surface area contributed by atoms with Crippen molar-refractivity contribution in [2.45, 2.75) is 25.7 Å². The van der Waals surface area contributed by atoms with Gasteiger partial charge in [0.25, 0.3) is 0 Å². The van der Waals surface area contributed by atoms with Gasteiger partial charge in [0, 0.05) is 22.6 Å². The van der Waals surface area contributed by atoms with Gasteiger partial charge in [0.2, 0.25) is 5.91 Å². The van der Waals surface area contributed by atoms with Crippen LogP contribution < -0.4 is 10.1 Å². The predicted octanol–water partition coefficient (Wildman–Crippen LogP) is 3.72. The molecule has 3 heterocycles. The molecule has 0 aliphatic carbocycles. The van der Waals surface area contributed by atoms with Crippen molar-refractivity contribution in [1.29, 1.82) is 0 Å². The van der Waals surface area contributed by atoms with Crippen LogP contribution in [0.3, 0.4) is 0 Å². The normalized spacial score (nSPS) is 15.7. The maximum absolute atomic E-state index is 12.6. The fourth-order valence-corrected chi connectivity index (χ4v) is 3.46. The van der Waals surface area contributed by atoms with E-state index in [9.17, 15) is 4.79 Å². The van der Waals surface area contributed by atoms with Gasteiger partial charge in [-0.15, -0.1) is 0 Å². The van der Waals surface area contributed by atoms with E-state index in [1.807, 2.05) is 25.1 Å². The third kappa shape index (κ3) is 3.64. The monoisotopic (exact) mass is 383 g/mol. The highest BCUT2D eigenvalue weighted by molar-refractivity contribution is 6.30. The molecule has 0 saturated carbocycles. The van der Waals surface area contributed by atoms with Crippen LogP contribution in [0.5, 0.6) is 5.75 Å². The lowest BCUT2D eigenvalue weighted by Gasteiger charge is -2.25. The smallest absolute Gasteiger partial charge is 0.226 e. The van der Waals surface area contributed by atoms with E-state index in [4.69, 9.17) is 16.3 Å². The molecule has 4 rings (SSSR count). The molecule has 2 N–H and O–H groups in total. The molecule has 0 spiro atoms. The number of hydrogen-bond donors (Lipinski definition) is 2. The Morgan fingerprint density at radius 3 is 3.07 bits per heavy atom. The number of aromatic amines is 1. The minimum Gasteiger partial charge on any atom is -0.493 e. The van der Waals surface area contributed by atoms with Crippen molar-refractivity contribution in [3.8, 4) is 17.0 Å². The van der Waals surface area contributed by atoms with Crippen molar-refractivity contribution in [2.24, 2.45) is 0 Å². The average Bonchev–Trinajstić information content (AvgIpc) is 3.02. The van der Waals surface area contributed by atoms with Crippen molar-refractivity contribution in [1.82, 2.24) is 20.4 Å². The van der Waals surface area contributed by atoms with E-state index in [2.05, 4.69) is 25.7 Å². The molecule has 0 fully saturated rings. The highest BCUT2D eigenvalue weighted by Crippen LogP contribution is 2.37. The Morgan fingerprint density at radius 1 is 1.37 bits per heavy atom. The minimum absolute atomic E-state index is 0.0750. The summed E-state index contributed by atoms with van der Waals surface area (Å²) in [5, 5.41) is 18.4. The molecule has 2 aromatic heterocycles. The van der Waals surface area contributed by atoms with Crippen molar-refractivity contribution in [3.63, 3.8) is 0 Å². The number of rotatable bonds is 4. The van der Waals surface area contributed by atoms with Crippen LogP contribution in [0.4, 0.5) is 5.82 Å². The van der Waals surface area contributed by atoms with E-state index in [0.29, 0.717) is 23.9 Å². The molecule has 1 aliphatic rings. The second-order valence-electron chi connectivity index (χ2n) is 6.47. The lowest BCUT2D eigenvalue weighted by Crippen LogP contribution is -2.21. The topological polar surface area (TPSA) is 92.8 Å². The minimum atomic E-state index is -0.0750. The van der Waals surface area contributed by atoms with Crippen LogP contribution in [0, 0.1) is 6.92 Å². The summed E-state index contributed by atoms with van der Waals surface area (Å²) in [7, 11) is 0. The SMILES string of the molecule is Cc1c(-c2ccnnc2)n[nH]c1NC(=O)C[C@H]1CCOc2cc(Cl)ccc21. The lowest BCUT2D eigenvalue weighted by molar-refractivity contribution is -0.116. The second kappa shape index (κ2) is 7.36. The molecule has 1 aromatic carbocycles. The molecule has 0 bridgehead atoms. The highest BCUT2D eigenvalue weighted by atomic mass is 35.5. The first-order valence-electron chi connectivity index (χ1n) is 8.66. The van der Waals surface area contributed by atoms with Crippen molar-refractivity contribution in [3.05, 3.63) is 52.8 Å². The number of nitrogens with zero attached hydrogens (tertiary/aromatic N) is 3. The van der Waals surface area contributed by atoms with E-state index in [1.165, 1.54) is 0 Å². The number of nitrogens with one attached hydrogen (secondary N) is 2. The highest BCUT2D eigenvalue weighted by Gasteiger charge is 2.24. The van der Waals surface area contributed by atoms with Crippen molar-refractivity contribution < 1.29 is 9.53 Å². The van der Waals surface area contributed by atoms with Gasteiger partial charge >= 0.3 is 0 Å². The molecule has 7 nitrogen and oxygen atoms in total. The third-order valence-corrected chi connectivity index (χ3v) is 4.94. The molecule has 1 amide bonds. The summed E-state index contributed by atoms with van der Waals surface area (Å²) in [6.45, 7) is 2.48. The van der Waals surface area contributed by atoms with E-state index in [0.717, 1.165) is 34.6 Å². The van der Waals surface area contributed by atoms with Crippen molar-refractivity contribution in [2.75, 3.05) is 11.9 Å². The summed E-state index contributed by atoms with van der Waals surface area (Å²) in [5.74, 6) is 1.37. The maximum Gasteiger partial charge on any atom is 0.226 e. The molecule has 1 aliphatic heterocycles. The van der Waals surface area contributed by atoms with Gasteiger partial charge in [0.05, 0.1) is 24.7 Å². The van der Waals surface area contributed by atoms with Gasteiger partial charge in [-0.2, -0.15) is 15.3 Å². The van der Waals surface area contributed by atoms with E-state index in [-0.39, 0.29) is 11.8 Å². The average molecular weight is 384 g/mol. The Hall–Kier alpha value is -2.93. The number of aromatic nitrogens is 4. The van der Waals surface area contributed by atoms with Crippen LogP contribution in [0.1, 0.15) is 29.9 Å². The Kier molecular flexibility index (Phi) is 4.77. The molecular formula is C19H18ClN5O2. The lowest BCUT2D eigenvalue weighted by atomic mass is 9.90. The number of hydrogen-bond acceptors (Lipinski definition) is 5. The van der Waals surface area contributed by atoms with E-state index >= 15 is 0 Å². The van der Waals surface area contributed by atoms with Gasteiger partial charge in [-0.25, -0.2) is 0 Å². The van der Waals surface area contributed by atoms with E-state index in [1.54, 1.807) is 18.5 Å². The Morgan fingerprint density at radius 2 is 2.26 bits per heavy atom. The first-order valence-corrected chi connectivity index (χ1v) is 9.03. The number of anilines is 1. The Labute approximate surface area is 161 Å². The summed E-state index contributed by atoms with van der Waals surface area (Å²) in [6, 6.07) is 7.39. The zero-order chi connectivity index (χ0) is 18.8. The zero-order valence-corrected chi connectivity index (χ0v) is 15.5. The molecule has 3 aromatic rings. The summed E-state index contributed by atoms with van der Waals surface area (Å²) in [5.41, 5.74) is 3.46. The standard InChI is InChI=1S/C19H18ClN5O2/c1-11-18(13-4-6-21-22-10-13)24-25-19(11)23-17(26)8-12-5-7-27-16-9-14(20)2-3-15(12)16/h2-4,6,9-10,12H,5,7-8H2,1H3,(H2,23,24,25,26)/t12-/m1/s1. The largest absolute Gasteiger partial charge is 0.493 e. The summed E-state index contributed by atoms with van der Waals surface area (Å²) in [6.07, 6.45) is 4.40. The van der Waals surface area contributed by atoms with Gasteiger partial charge in [0.1, 0.15) is 11.6 Å². The van der Waals surface area contributed by atoms with Gasteiger partial charge in [0.15, 0.2) is 0 Å². The molecule has 0 unspecified atom stereocenters. The van der Waals surface area contributed by atoms with Gasteiger partial charge in [-0.3, -0.25) is 9.89 Å². The third-order valence-electron chi connectivity index (χ3n) is 4.70. The summed E-state index contributed by atoms with van der Waals surface area (Å²) >= 11 is 6.03. The van der Waals surface area contributed by atoms with Crippen LogP contribution in [0.15, 0.2) is 36.7 Å². The molecule has 27 heavy (non-hydrogen) atoms. The fourth-order valence-electron chi connectivity index (χ4n) is 3.29. The molecule has 1 atom stereocenters. The number of carbonyl (C=O) groups excluding carboxylic acids is 1. The Balaban J connectivity index is 1.48. The number of ether oxygens (including phenoxy) is 1. The quantitative estimate of drug-likeness (QED) is 0.716. The van der Waals surface area contributed by atoms with Crippen LogP contribution in [-0.2, 0) is 4.79 Å². The summed E-state index contributed by atoms with van der Waals surface area (Å²) in [4.78, 5) is 12.6. The molecule has 8 heteroatoms. The second-order valence-corrected chi connectivity index (χ2v) is 6.91. The van der Waals surface area contributed by atoms with Crippen LogP contribution in [0.2, 0.25) is 5.02 Å². The van der Waals surface area contributed by atoms with Crippen LogP contribution in [0.25, 0.3) is 11.3 Å². The van der Waals surface area contributed by atoms with E-state index < -0.39 is 0 Å². The van der Waals surface area contributed by atoms with Crippen molar-refractivity contribution >= 4 is 23.3 Å². The molecule has 138 valence electrons. The zero-order valence-electron chi connectivity index (χ0n) is 14.7. The number of carbonyl (C=O) groups is 1. The maximum atomic E-state index is 12.6. The number of H-pyrrole nitrogens is 1. The first kappa shape index (κ1) is 17.5. The first-order chi connectivity index (χ1) is 13.1. The summed E-state index contributed by atoms with van der Waals surface area (Å²) < 4.78 is 5.66. The van der Waals surface area contributed by atoms with Gasteiger partial charge < -0.3 is 10.1 Å².